The van der Waals surface area contributed by atoms with E-state index in [9.17, 15) is 0 Å². The lowest BCUT2D eigenvalue weighted by molar-refractivity contribution is 0.415. The maximum absolute atomic E-state index is 5.62. The van der Waals surface area contributed by atoms with Crippen LogP contribution in [0.3, 0.4) is 0 Å². The maximum atomic E-state index is 5.62. The molecule has 1 atom stereocenters. The van der Waals surface area contributed by atoms with E-state index in [-0.39, 0.29) is 6.04 Å². The molecule has 0 bridgehead atoms. The summed E-state index contributed by atoms with van der Waals surface area (Å²) in [6, 6.07) is 7.96. The van der Waals surface area contributed by atoms with Gasteiger partial charge < -0.3 is 15.8 Å². The fraction of sp³-hybridized carbons (Fsp3) is 0.400. The van der Waals surface area contributed by atoms with E-state index >= 15 is 0 Å². The highest BCUT2D eigenvalue weighted by Crippen LogP contribution is 2.16. The van der Waals surface area contributed by atoms with E-state index in [4.69, 9.17) is 10.5 Å². The van der Waals surface area contributed by atoms with E-state index in [1.54, 1.807) is 7.11 Å². The molecule has 0 saturated carbocycles. The van der Waals surface area contributed by atoms with E-state index in [0.29, 0.717) is 0 Å². The van der Waals surface area contributed by atoms with Crippen molar-refractivity contribution in [1.29, 1.82) is 0 Å². The molecule has 1 rings (SSSR count). The number of anilines is 1. The first-order valence-electron chi connectivity index (χ1n) is 4.36. The number of nitrogens with two attached hydrogens (primary N) is 1. The fourth-order valence-electron chi connectivity index (χ4n) is 1.01. The van der Waals surface area contributed by atoms with Crippen LogP contribution >= 0.6 is 0 Å². The van der Waals surface area contributed by atoms with Gasteiger partial charge in [-0.2, -0.15) is 0 Å². The number of ether oxygens (including phenoxy) is 1. The van der Waals surface area contributed by atoms with Gasteiger partial charge in [0.15, 0.2) is 0 Å². The molecule has 72 valence electrons. The van der Waals surface area contributed by atoms with E-state index in [2.05, 4.69) is 5.32 Å². The SMILES string of the molecule is COc1cccc(NCC(C)N)c1. The first-order chi connectivity index (χ1) is 6.22. The highest BCUT2D eigenvalue weighted by molar-refractivity contribution is 5.48. The molecule has 0 heterocycles. The van der Waals surface area contributed by atoms with Gasteiger partial charge in [0.2, 0.25) is 0 Å². The molecule has 0 radical (unpaired) electrons. The second kappa shape index (κ2) is 4.72. The third kappa shape index (κ3) is 3.34. The van der Waals surface area contributed by atoms with Gasteiger partial charge in [0.05, 0.1) is 7.11 Å². The fourth-order valence-corrected chi connectivity index (χ4v) is 1.01. The number of benzene rings is 1. The molecule has 0 spiro atoms. The van der Waals surface area contributed by atoms with Crippen molar-refractivity contribution in [3.63, 3.8) is 0 Å². The Morgan fingerprint density at radius 3 is 2.92 bits per heavy atom. The van der Waals surface area contributed by atoms with Crippen LogP contribution in [0.5, 0.6) is 5.75 Å². The van der Waals surface area contributed by atoms with Crippen molar-refractivity contribution in [2.75, 3.05) is 19.0 Å². The molecule has 0 aliphatic carbocycles. The van der Waals surface area contributed by atoms with Gasteiger partial charge in [-0.15, -0.1) is 0 Å². The minimum Gasteiger partial charge on any atom is -0.497 e. The van der Waals surface area contributed by atoms with E-state index in [1.165, 1.54) is 0 Å². The Kier molecular flexibility index (Phi) is 3.58. The molecule has 0 aromatic heterocycles. The lowest BCUT2D eigenvalue weighted by Crippen LogP contribution is -2.25. The summed E-state index contributed by atoms with van der Waals surface area (Å²) in [6.07, 6.45) is 0. The molecule has 1 aromatic carbocycles. The van der Waals surface area contributed by atoms with Crippen molar-refractivity contribution in [2.45, 2.75) is 13.0 Å². The maximum Gasteiger partial charge on any atom is 0.120 e. The summed E-state index contributed by atoms with van der Waals surface area (Å²) in [6.45, 7) is 2.74. The van der Waals surface area contributed by atoms with Gasteiger partial charge in [0, 0.05) is 24.3 Å². The molecule has 0 saturated heterocycles. The molecule has 0 aliphatic rings. The largest absolute Gasteiger partial charge is 0.497 e. The summed E-state index contributed by atoms with van der Waals surface area (Å²) >= 11 is 0. The number of rotatable bonds is 4. The lowest BCUT2D eigenvalue weighted by atomic mass is 10.3. The van der Waals surface area contributed by atoms with Crippen LogP contribution in [0.15, 0.2) is 24.3 Å². The molecular weight excluding hydrogens is 164 g/mol. The molecule has 0 amide bonds. The number of hydrogen-bond acceptors (Lipinski definition) is 3. The average molecular weight is 180 g/mol. The van der Waals surface area contributed by atoms with Crippen molar-refractivity contribution in [3.05, 3.63) is 24.3 Å². The first-order valence-corrected chi connectivity index (χ1v) is 4.36. The van der Waals surface area contributed by atoms with Gasteiger partial charge in [-0.05, 0) is 19.1 Å². The normalized spacial score (nSPS) is 12.2. The van der Waals surface area contributed by atoms with Gasteiger partial charge in [-0.25, -0.2) is 0 Å². The Labute approximate surface area is 78.9 Å². The molecular formula is C10H16N2O. The Hall–Kier alpha value is -1.22. The minimum absolute atomic E-state index is 0.159. The number of hydrogen-bond donors (Lipinski definition) is 2. The van der Waals surface area contributed by atoms with Gasteiger partial charge in [-0.3, -0.25) is 0 Å². The van der Waals surface area contributed by atoms with E-state index in [1.807, 2.05) is 31.2 Å². The topological polar surface area (TPSA) is 47.3 Å². The van der Waals surface area contributed by atoms with Crippen LogP contribution in [-0.2, 0) is 0 Å². The van der Waals surface area contributed by atoms with Crippen LogP contribution in [0, 0.1) is 0 Å². The number of nitrogens with one attached hydrogen (secondary N) is 1. The molecule has 3 heteroatoms. The van der Waals surface area contributed by atoms with Gasteiger partial charge >= 0.3 is 0 Å². The van der Waals surface area contributed by atoms with Gasteiger partial charge in [0.1, 0.15) is 5.75 Å². The third-order valence-electron chi connectivity index (χ3n) is 1.70. The Balaban J connectivity index is 2.56. The van der Waals surface area contributed by atoms with Crippen LogP contribution < -0.4 is 15.8 Å². The quantitative estimate of drug-likeness (QED) is 0.737. The zero-order chi connectivity index (χ0) is 9.68. The van der Waals surface area contributed by atoms with E-state index < -0.39 is 0 Å². The monoisotopic (exact) mass is 180 g/mol. The highest BCUT2D eigenvalue weighted by atomic mass is 16.5. The van der Waals surface area contributed by atoms with Crippen LogP contribution in [0.25, 0.3) is 0 Å². The van der Waals surface area contributed by atoms with Crippen molar-refractivity contribution < 1.29 is 4.74 Å². The predicted octanol–water partition coefficient (Wildman–Crippen LogP) is 1.45. The third-order valence-corrected chi connectivity index (χ3v) is 1.70. The van der Waals surface area contributed by atoms with Crippen LogP contribution in [0.4, 0.5) is 5.69 Å². The molecule has 1 aromatic rings. The second-order valence-electron chi connectivity index (χ2n) is 3.09. The predicted molar refractivity (Wildman–Crippen MR) is 55.1 cm³/mol. The first kappa shape index (κ1) is 9.86. The minimum atomic E-state index is 0.159. The molecule has 3 N–H and O–H groups in total. The molecule has 1 unspecified atom stereocenters. The van der Waals surface area contributed by atoms with Crippen molar-refractivity contribution in [2.24, 2.45) is 5.73 Å². The molecule has 0 aliphatic heterocycles. The van der Waals surface area contributed by atoms with Crippen LogP contribution in [0.1, 0.15) is 6.92 Å². The zero-order valence-corrected chi connectivity index (χ0v) is 8.08. The Morgan fingerprint density at radius 2 is 2.31 bits per heavy atom. The lowest BCUT2D eigenvalue weighted by Gasteiger charge is -2.09. The van der Waals surface area contributed by atoms with Crippen molar-refractivity contribution >= 4 is 5.69 Å². The molecule has 3 nitrogen and oxygen atoms in total. The molecule has 13 heavy (non-hydrogen) atoms. The summed E-state index contributed by atoms with van der Waals surface area (Å²) in [5, 5.41) is 3.21. The van der Waals surface area contributed by atoms with Gasteiger partial charge in [-0.1, -0.05) is 6.07 Å². The summed E-state index contributed by atoms with van der Waals surface area (Å²) in [5.41, 5.74) is 6.66. The second-order valence-corrected chi connectivity index (χ2v) is 3.09. The van der Waals surface area contributed by atoms with Crippen molar-refractivity contribution in [3.8, 4) is 5.75 Å². The summed E-state index contributed by atoms with van der Waals surface area (Å²) in [5.74, 6) is 0.856. The smallest absolute Gasteiger partial charge is 0.120 e. The molecule has 0 fully saturated rings. The Morgan fingerprint density at radius 1 is 1.54 bits per heavy atom. The zero-order valence-electron chi connectivity index (χ0n) is 8.08. The summed E-state index contributed by atoms with van der Waals surface area (Å²) in [7, 11) is 1.66. The highest BCUT2D eigenvalue weighted by Gasteiger charge is 1.96. The van der Waals surface area contributed by atoms with Crippen LogP contribution in [-0.4, -0.2) is 19.7 Å². The van der Waals surface area contributed by atoms with Gasteiger partial charge in [0.25, 0.3) is 0 Å². The standard InChI is InChI=1S/C10H16N2O/c1-8(11)7-12-9-4-3-5-10(6-9)13-2/h3-6,8,12H,7,11H2,1-2H3. The number of methoxy groups -OCH3 is 1. The van der Waals surface area contributed by atoms with Crippen LogP contribution in [0.2, 0.25) is 0 Å². The summed E-state index contributed by atoms with van der Waals surface area (Å²) in [4.78, 5) is 0. The Bertz CT molecular complexity index is 261. The van der Waals surface area contributed by atoms with E-state index in [0.717, 1.165) is 18.0 Å². The van der Waals surface area contributed by atoms with Crippen molar-refractivity contribution in [1.82, 2.24) is 0 Å². The summed E-state index contributed by atoms with van der Waals surface area (Å²) < 4.78 is 5.09. The average Bonchev–Trinajstić information content (AvgIpc) is 2.15.